The molecule has 138 valence electrons. The number of benzene rings is 1. The molecule has 3 rings (SSSR count). The third-order valence-corrected chi connectivity index (χ3v) is 5.45. The summed E-state index contributed by atoms with van der Waals surface area (Å²) in [7, 11) is 0. The maximum atomic E-state index is 12.6. The molecule has 26 heavy (non-hydrogen) atoms. The molecule has 0 saturated carbocycles. The van der Waals surface area contributed by atoms with Gasteiger partial charge in [0.1, 0.15) is 0 Å². The van der Waals surface area contributed by atoms with Crippen molar-refractivity contribution in [2.75, 3.05) is 12.3 Å². The molecular weight excluding hydrogens is 344 g/mol. The van der Waals surface area contributed by atoms with Gasteiger partial charge in [0.2, 0.25) is 0 Å². The molecule has 5 nitrogen and oxygen atoms in total. The van der Waals surface area contributed by atoms with Gasteiger partial charge in [0.15, 0.2) is 5.16 Å². The minimum Gasteiger partial charge on any atom is -0.323 e. The molecule has 1 aliphatic heterocycles. The van der Waals surface area contributed by atoms with E-state index in [0.29, 0.717) is 18.2 Å². The number of rotatable bonds is 6. The van der Waals surface area contributed by atoms with E-state index in [9.17, 15) is 4.79 Å². The molecule has 2 aromatic rings. The highest BCUT2D eigenvalue weighted by Crippen LogP contribution is 2.23. The Hall–Kier alpha value is -2.08. The number of amides is 1. The minimum absolute atomic E-state index is 0.0373. The number of aryl methyl sites for hydroxylation is 1. The van der Waals surface area contributed by atoms with Crippen LogP contribution in [0.25, 0.3) is 0 Å². The number of carbonyl (C=O) groups excluding carboxylic acids is 1. The van der Waals surface area contributed by atoms with Crippen LogP contribution in [0.1, 0.15) is 37.2 Å². The summed E-state index contributed by atoms with van der Waals surface area (Å²) in [5.41, 5.74) is 4.29. The fourth-order valence-electron chi connectivity index (χ4n) is 2.99. The van der Waals surface area contributed by atoms with Crippen molar-refractivity contribution in [3.05, 3.63) is 47.3 Å². The first-order chi connectivity index (χ1) is 12.5. The maximum absolute atomic E-state index is 12.6. The van der Waals surface area contributed by atoms with Crippen LogP contribution in [0.4, 0.5) is 0 Å². The second-order valence-electron chi connectivity index (χ2n) is 7.04. The van der Waals surface area contributed by atoms with Gasteiger partial charge in [0, 0.05) is 18.7 Å². The zero-order valence-electron chi connectivity index (χ0n) is 15.9. The second kappa shape index (κ2) is 8.08. The largest absolute Gasteiger partial charge is 0.323 e. The Labute approximate surface area is 159 Å². The van der Waals surface area contributed by atoms with Crippen LogP contribution in [-0.2, 0) is 11.3 Å². The molecule has 0 spiro atoms. The molecule has 2 heterocycles. The van der Waals surface area contributed by atoms with Crippen LogP contribution in [0.5, 0.6) is 0 Å². The Morgan fingerprint density at radius 1 is 1.23 bits per heavy atom. The lowest BCUT2D eigenvalue weighted by atomic mass is 10.1. The summed E-state index contributed by atoms with van der Waals surface area (Å²) in [4.78, 5) is 17.2. The molecule has 0 radical (unpaired) electrons. The zero-order valence-corrected chi connectivity index (χ0v) is 16.7. The number of thioether (sulfide) groups is 1. The predicted octanol–water partition coefficient (Wildman–Crippen LogP) is 3.88. The van der Waals surface area contributed by atoms with E-state index < -0.39 is 0 Å². The highest BCUT2D eigenvalue weighted by atomic mass is 32.2. The molecule has 0 aliphatic carbocycles. The van der Waals surface area contributed by atoms with Gasteiger partial charge in [-0.25, -0.2) is 9.99 Å². The molecule has 0 saturated heterocycles. The lowest BCUT2D eigenvalue weighted by Crippen LogP contribution is -2.25. The summed E-state index contributed by atoms with van der Waals surface area (Å²) >= 11 is 1.51. The third-order valence-electron chi connectivity index (χ3n) is 4.49. The number of imidazole rings is 1. The standard InChI is InChI=1S/C20H26N4OS/c1-14(2)12-23-16(4)15(3)21-20(23)26-13-19(25)24-11-10-18(22-24)17-8-6-5-7-9-17/h5-9,14H,10-13H2,1-4H3. The minimum atomic E-state index is 0.0373. The second-order valence-corrected chi connectivity index (χ2v) is 7.98. The van der Waals surface area contributed by atoms with Gasteiger partial charge in [-0.2, -0.15) is 5.10 Å². The van der Waals surface area contributed by atoms with E-state index in [2.05, 4.69) is 35.4 Å². The summed E-state index contributed by atoms with van der Waals surface area (Å²) in [6.45, 7) is 10.1. The molecular formula is C20H26N4OS. The van der Waals surface area contributed by atoms with Crippen LogP contribution in [0.15, 0.2) is 40.6 Å². The molecule has 0 atom stereocenters. The zero-order chi connectivity index (χ0) is 18.7. The Morgan fingerprint density at radius 3 is 2.65 bits per heavy atom. The SMILES string of the molecule is Cc1nc(SCC(=O)N2CCC(c3ccccc3)=N2)n(CC(C)C)c1C. The van der Waals surface area contributed by atoms with Gasteiger partial charge >= 0.3 is 0 Å². The highest BCUT2D eigenvalue weighted by molar-refractivity contribution is 7.99. The van der Waals surface area contributed by atoms with Gasteiger partial charge in [-0.1, -0.05) is 55.9 Å². The number of hydrogen-bond donors (Lipinski definition) is 0. The van der Waals surface area contributed by atoms with Crippen molar-refractivity contribution in [1.29, 1.82) is 0 Å². The summed E-state index contributed by atoms with van der Waals surface area (Å²) in [5, 5.41) is 7.05. The van der Waals surface area contributed by atoms with E-state index in [1.165, 1.54) is 17.5 Å². The smallest absolute Gasteiger partial charge is 0.253 e. The lowest BCUT2D eigenvalue weighted by Gasteiger charge is -2.13. The summed E-state index contributed by atoms with van der Waals surface area (Å²) in [6.07, 6.45) is 0.806. The molecule has 0 bridgehead atoms. The topological polar surface area (TPSA) is 50.5 Å². The van der Waals surface area contributed by atoms with Gasteiger partial charge in [-0.05, 0) is 25.3 Å². The quantitative estimate of drug-likeness (QED) is 0.725. The molecule has 6 heteroatoms. The Morgan fingerprint density at radius 2 is 1.96 bits per heavy atom. The fourth-order valence-corrected chi connectivity index (χ4v) is 3.96. The van der Waals surface area contributed by atoms with Crippen LogP contribution in [-0.4, -0.2) is 38.5 Å². The third kappa shape index (κ3) is 4.18. The number of aromatic nitrogens is 2. The van der Waals surface area contributed by atoms with Crippen molar-refractivity contribution in [2.24, 2.45) is 11.0 Å². The Balaban J connectivity index is 1.65. The molecule has 1 aliphatic rings. The average Bonchev–Trinajstić information content (AvgIpc) is 3.21. The van der Waals surface area contributed by atoms with E-state index in [1.54, 1.807) is 5.01 Å². The molecule has 0 fully saturated rings. The van der Waals surface area contributed by atoms with Gasteiger partial charge in [0.25, 0.3) is 5.91 Å². The van der Waals surface area contributed by atoms with E-state index in [1.807, 2.05) is 37.3 Å². The first-order valence-corrected chi connectivity index (χ1v) is 10.0. The maximum Gasteiger partial charge on any atom is 0.253 e. The van der Waals surface area contributed by atoms with Crippen LogP contribution >= 0.6 is 11.8 Å². The van der Waals surface area contributed by atoms with Gasteiger partial charge < -0.3 is 4.57 Å². The van der Waals surface area contributed by atoms with Crippen LogP contribution < -0.4 is 0 Å². The van der Waals surface area contributed by atoms with E-state index in [0.717, 1.165) is 35.1 Å². The Kier molecular flexibility index (Phi) is 5.81. The van der Waals surface area contributed by atoms with E-state index in [4.69, 9.17) is 0 Å². The van der Waals surface area contributed by atoms with Gasteiger partial charge in [-0.3, -0.25) is 4.79 Å². The summed E-state index contributed by atoms with van der Waals surface area (Å²) < 4.78 is 2.22. The molecule has 1 aromatic heterocycles. The monoisotopic (exact) mass is 370 g/mol. The predicted molar refractivity (Wildman–Crippen MR) is 107 cm³/mol. The van der Waals surface area contributed by atoms with Crippen molar-refractivity contribution in [3.63, 3.8) is 0 Å². The normalized spacial score (nSPS) is 14.2. The highest BCUT2D eigenvalue weighted by Gasteiger charge is 2.22. The number of hydrogen-bond acceptors (Lipinski definition) is 4. The van der Waals surface area contributed by atoms with E-state index >= 15 is 0 Å². The van der Waals surface area contributed by atoms with Gasteiger partial charge in [-0.15, -0.1) is 0 Å². The molecule has 1 aromatic carbocycles. The van der Waals surface area contributed by atoms with Crippen molar-refractivity contribution in [1.82, 2.24) is 14.6 Å². The van der Waals surface area contributed by atoms with E-state index in [-0.39, 0.29) is 5.91 Å². The summed E-state index contributed by atoms with van der Waals surface area (Å²) in [6, 6.07) is 10.1. The Bertz CT molecular complexity index is 811. The van der Waals surface area contributed by atoms with Crippen molar-refractivity contribution in [3.8, 4) is 0 Å². The first kappa shape index (κ1) is 18.7. The van der Waals surface area contributed by atoms with Crippen molar-refractivity contribution < 1.29 is 4.79 Å². The molecule has 0 unspecified atom stereocenters. The van der Waals surface area contributed by atoms with Crippen LogP contribution in [0.3, 0.4) is 0 Å². The average molecular weight is 371 g/mol. The number of carbonyl (C=O) groups is 1. The lowest BCUT2D eigenvalue weighted by molar-refractivity contribution is -0.127. The summed E-state index contributed by atoms with van der Waals surface area (Å²) in [5.74, 6) is 0.934. The molecule has 1 amide bonds. The van der Waals surface area contributed by atoms with Crippen LogP contribution in [0, 0.1) is 19.8 Å². The van der Waals surface area contributed by atoms with Gasteiger partial charge in [0.05, 0.1) is 23.7 Å². The van der Waals surface area contributed by atoms with Crippen LogP contribution in [0.2, 0.25) is 0 Å². The fraction of sp³-hybridized carbons (Fsp3) is 0.450. The number of nitrogens with zero attached hydrogens (tertiary/aromatic N) is 4. The van der Waals surface area contributed by atoms with Crippen molar-refractivity contribution in [2.45, 2.75) is 45.8 Å². The number of hydrazone groups is 1. The first-order valence-electron chi connectivity index (χ1n) is 9.05. The van der Waals surface area contributed by atoms with Crippen molar-refractivity contribution >= 4 is 23.4 Å². The molecule has 0 N–H and O–H groups in total.